The SMILES string of the molecule is CCOC(=O)C1C=NN(c2cccc(Cl)c2)C1=O. The van der Waals surface area contributed by atoms with E-state index in [-0.39, 0.29) is 6.61 Å². The smallest absolute Gasteiger partial charge is 0.324 e. The van der Waals surface area contributed by atoms with E-state index in [1.807, 2.05) is 0 Å². The molecule has 94 valence electrons. The predicted molar refractivity (Wildman–Crippen MR) is 67.6 cm³/mol. The lowest BCUT2D eigenvalue weighted by atomic mass is 10.1. The van der Waals surface area contributed by atoms with Crippen LogP contribution in [0.15, 0.2) is 29.4 Å². The van der Waals surface area contributed by atoms with E-state index in [0.717, 1.165) is 5.01 Å². The molecule has 2 rings (SSSR count). The average Bonchev–Trinajstić information content (AvgIpc) is 2.71. The van der Waals surface area contributed by atoms with Gasteiger partial charge in [0.15, 0.2) is 5.92 Å². The number of carbonyl (C=O) groups excluding carboxylic acids is 2. The first-order valence-electron chi connectivity index (χ1n) is 5.43. The number of ether oxygens (including phenoxy) is 1. The minimum absolute atomic E-state index is 0.230. The van der Waals surface area contributed by atoms with Crippen molar-refractivity contribution < 1.29 is 14.3 Å². The van der Waals surface area contributed by atoms with Crippen LogP contribution in [0.2, 0.25) is 5.02 Å². The predicted octanol–water partition coefficient (Wildman–Crippen LogP) is 1.85. The number of carbonyl (C=O) groups is 2. The van der Waals surface area contributed by atoms with Crippen LogP contribution in [-0.4, -0.2) is 24.7 Å². The summed E-state index contributed by atoms with van der Waals surface area (Å²) >= 11 is 5.84. The second-order valence-corrected chi connectivity index (χ2v) is 4.06. The molecule has 0 bridgehead atoms. The van der Waals surface area contributed by atoms with E-state index >= 15 is 0 Å². The average molecular weight is 267 g/mol. The van der Waals surface area contributed by atoms with Gasteiger partial charge in [-0.2, -0.15) is 10.1 Å². The van der Waals surface area contributed by atoms with Gasteiger partial charge in [-0.25, -0.2) is 0 Å². The number of halogens is 1. The molecule has 0 N–H and O–H groups in total. The van der Waals surface area contributed by atoms with Gasteiger partial charge in [0.1, 0.15) is 0 Å². The Morgan fingerprint density at radius 1 is 1.56 bits per heavy atom. The van der Waals surface area contributed by atoms with Gasteiger partial charge in [-0.05, 0) is 25.1 Å². The van der Waals surface area contributed by atoms with Gasteiger partial charge < -0.3 is 4.74 Å². The second-order valence-electron chi connectivity index (χ2n) is 3.62. The Hall–Kier alpha value is -1.88. The first-order chi connectivity index (χ1) is 8.63. The molecule has 0 spiro atoms. The molecule has 1 amide bonds. The number of amides is 1. The Kier molecular flexibility index (Phi) is 3.62. The fourth-order valence-corrected chi connectivity index (χ4v) is 1.77. The van der Waals surface area contributed by atoms with Crippen LogP contribution in [0, 0.1) is 5.92 Å². The van der Waals surface area contributed by atoms with Crippen LogP contribution < -0.4 is 5.01 Å². The van der Waals surface area contributed by atoms with Crippen LogP contribution in [0.4, 0.5) is 5.69 Å². The summed E-state index contributed by atoms with van der Waals surface area (Å²) < 4.78 is 4.80. The normalized spacial score (nSPS) is 18.2. The lowest BCUT2D eigenvalue weighted by Crippen LogP contribution is -2.32. The molecule has 1 atom stereocenters. The summed E-state index contributed by atoms with van der Waals surface area (Å²) in [6.45, 7) is 1.91. The van der Waals surface area contributed by atoms with Crippen molar-refractivity contribution in [2.24, 2.45) is 11.0 Å². The Morgan fingerprint density at radius 2 is 2.33 bits per heavy atom. The minimum atomic E-state index is -0.969. The van der Waals surface area contributed by atoms with Crippen LogP contribution in [0.1, 0.15) is 6.92 Å². The summed E-state index contributed by atoms with van der Waals surface area (Å²) in [6, 6.07) is 6.69. The number of rotatable bonds is 3. The molecular weight excluding hydrogens is 256 g/mol. The molecule has 0 aliphatic carbocycles. The van der Waals surface area contributed by atoms with Crippen molar-refractivity contribution in [2.45, 2.75) is 6.92 Å². The molecule has 18 heavy (non-hydrogen) atoms. The summed E-state index contributed by atoms with van der Waals surface area (Å²) in [5.41, 5.74) is 0.524. The summed E-state index contributed by atoms with van der Waals surface area (Å²) in [5.74, 6) is -1.99. The lowest BCUT2D eigenvalue weighted by Gasteiger charge is -2.13. The molecule has 0 saturated heterocycles. The summed E-state index contributed by atoms with van der Waals surface area (Å²) in [6.07, 6.45) is 1.28. The molecule has 1 unspecified atom stereocenters. The minimum Gasteiger partial charge on any atom is -0.465 e. The van der Waals surface area contributed by atoms with Crippen LogP contribution in [0.3, 0.4) is 0 Å². The van der Waals surface area contributed by atoms with E-state index in [1.54, 1.807) is 31.2 Å². The van der Waals surface area contributed by atoms with E-state index < -0.39 is 17.8 Å². The largest absolute Gasteiger partial charge is 0.465 e. The Labute approximate surface area is 109 Å². The van der Waals surface area contributed by atoms with Crippen LogP contribution in [-0.2, 0) is 14.3 Å². The monoisotopic (exact) mass is 266 g/mol. The topological polar surface area (TPSA) is 59.0 Å². The van der Waals surface area contributed by atoms with Crippen molar-refractivity contribution in [3.05, 3.63) is 29.3 Å². The molecular formula is C12H11ClN2O3. The number of hydrogen-bond acceptors (Lipinski definition) is 4. The van der Waals surface area contributed by atoms with Crippen molar-refractivity contribution in [1.82, 2.24) is 0 Å². The van der Waals surface area contributed by atoms with E-state index in [9.17, 15) is 9.59 Å². The molecule has 1 aliphatic rings. The molecule has 5 nitrogen and oxygen atoms in total. The van der Waals surface area contributed by atoms with Crippen molar-refractivity contribution in [3.8, 4) is 0 Å². The molecule has 0 radical (unpaired) electrons. The van der Waals surface area contributed by atoms with E-state index in [1.165, 1.54) is 6.21 Å². The molecule has 6 heteroatoms. The zero-order chi connectivity index (χ0) is 13.1. The zero-order valence-corrected chi connectivity index (χ0v) is 10.4. The van der Waals surface area contributed by atoms with Gasteiger partial charge in [0.05, 0.1) is 12.3 Å². The highest BCUT2D eigenvalue weighted by molar-refractivity contribution is 6.31. The molecule has 1 aromatic carbocycles. The Morgan fingerprint density at radius 3 is 3.00 bits per heavy atom. The third-order valence-electron chi connectivity index (χ3n) is 2.40. The fraction of sp³-hybridized carbons (Fsp3) is 0.250. The van der Waals surface area contributed by atoms with Gasteiger partial charge in [0, 0.05) is 11.2 Å². The zero-order valence-electron chi connectivity index (χ0n) is 9.67. The molecule has 0 fully saturated rings. The summed E-state index contributed by atoms with van der Waals surface area (Å²) in [5, 5.41) is 5.55. The number of hydrazone groups is 1. The van der Waals surface area contributed by atoms with E-state index in [4.69, 9.17) is 16.3 Å². The first-order valence-corrected chi connectivity index (χ1v) is 5.81. The second kappa shape index (κ2) is 5.18. The van der Waals surface area contributed by atoms with Gasteiger partial charge in [-0.3, -0.25) is 9.59 Å². The Bertz CT molecular complexity index is 516. The fourth-order valence-electron chi connectivity index (χ4n) is 1.58. The van der Waals surface area contributed by atoms with E-state index in [0.29, 0.717) is 10.7 Å². The highest BCUT2D eigenvalue weighted by Crippen LogP contribution is 2.24. The summed E-state index contributed by atoms with van der Waals surface area (Å²) in [4.78, 5) is 23.5. The number of nitrogens with zero attached hydrogens (tertiary/aromatic N) is 2. The number of hydrogen-bond donors (Lipinski definition) is 0. The third kappa shape index (κ3) is 2.36. The highest BCUT2D eigenvalue weighted by Gasteiger charge is 2.36. The maximum atomic E-state index is 12.0. The van der Waals surface area contributed by atoms with Gasteiger partial charge in [0.25, 0.3) is 5.91 Å². The number of esters is 1. The Balaban J connectivity index is 2.18. The van der Waals surface area contributed by atoms with Crippen molar-refractivity contribution in [2.75, 3.05) is 11.6 Å². The maximum Gasteiger partial charge on any atom is 0.324 e. The molecule has 0 aromatic heterocycles. The summed E-state index contributed by atoms with van der Waals surface area (Å²) in [7, 11) is 0. The maximum absolute atomic E-state index is 12.0. The quantitative estimate of drug-likeness (QED) is 0.620. The van der Waals surface area contributed by atoms with Crippen molar-refractivity contribution in [3.63, 3.8) is 0 Å². The molecule has 0 saturated carbocycles. The van der Waals surface area contributed by atoms with Crippen LogP contribution >= 0.6 is 11.6 Å². The number of benzene rings is 1. The highest BCUT2D eigenvalue weighted by atomic mass is 35.5. The van der Waals surface area contributed by atoms with Crippen LogP contribution in [0.5, 0.6) is 0 Å². The molecule has 1 aliphatic heterocycles. The molecule has 1 aromatic rings. The van der Waals surface area contributed by atoms with Crippen molar-refractivity contribution in [1.29, 1.82) is 0 Å². The number of anilines is 1. The van der Waals surface area contributed by atoms with Gasteiger partial charge in [-0.1, -0.05) is 17.7 Å². The standard InChI is InChI=1S/C12H11ClN2O3/c1-2-18-12(17)10-7-14-15(11(10)16)9-5-3-4-8(13)6-9/h3-7,10H,2H2,1H3. The van der Waals surface area contributed by atoms with Gasteiger partial charge >= 0.3 is 5.97 Å². The lowest BCUT2D eigenvalue weighted by molar-refractivity contribution is -0.147. The van der Waals surface area contributed by atoms with Gasteiger partial charge in [-0.15, -0.1) is 0 Å². The van der Waals surface area contributed by atoms with Gasteiger partial charge in [0.2, 0.25) is 0 Å². The molecule has 1 heterocycles. The van der Waals surface area contributed by atoms with Crippen LogP contribution in [0.25, 0.3) is 0 Å². The first kappa shape index (κ1) is 12.6. The third-order valence-corrected chi connectivity index (χ3v) is 2.63. The van der Waals surface area contributed by atoms with E-state index in [2.05, 4.69) is 5.10 Å². The van der Waals surface area contributed by atoms with Crippen molar-refractivity contribution >= 4 is 35.4 Å².